The number of rotatable bonds is 5. The van der Waals surface area contributed by atoms with Crippen LogP contribution in [0.15, 0.2) is 18.2 Å². The number of ether oxygens (including phenoxy) is 1. The molecule has 0 aromatic heterocycles. The highest BCUT2D eigenvalue weighted by Crippen LogP contribution is 2.32. The standard InChI is InChI=1S/C12H15FN2O3/c1-2-14-9-6-10(7-9)18-12-5-8(13)3-4-11(12)15(16)17/h3-5,9-10,14H,2,6-7H2,1H3. The van der Waals surface area contributed by atoms with Gasteiger partial charge < -0.3 is 10.1 Å². The second kappa shape index (κ2) is 5.30. The Morgan fingerprint density at radius 3 is 2.89 bits per heavy atom. The van der Waals surface area contributed by atoms with Crippen LogP contribution in [0.1, 0.15) is 19.8 Å². The van der Waals surface area contributed by atoms with Crippen molar-refractivity contribution in [3.05, 3.63) is 34.1 Å². The van der Waals surface area contributed by atoms with E-state index in [1.165, 1.54) is 0 Å². The van der Waals surface area contributed by atoms with E-state index in [9.17, 15) is 14.5 Å². The Morgan fingerprint density at radius 1 is 1.56 bits per heavy atom. The Kier molecular flexibility index (Phi) is 3.76. The molecule has 0 spiro atoms. The smallest absolute Gasteiger partial charge is 0.311 e. The molecule has 5 nitrogen and oxygen atoms in total. The number of hydrogen-bond acceptors (Lipinski definition) is 4. The zero-order valence-corrected chi connectivity index (χ0v) is 10.1. The van der Waals surface area contributed by atoms with Gasteiger partial charge in [0.2, 0.25) is 0 Å². The number of hydrogen-bond donors (Lipinski definition) is 1. The summed E-state index contributed by atoms with van der Waals surface area (Å²) in [6.45, 7) is 2.91. The number of nitro groups is 1. The van der Waals surface area contributed by atoms with Crippen molar-refractivity contribution in [3.8, 4) is 5.75 Å². The second-order valence-corrected chi connectivity index (χ2v) is 4.34. The van der Waals surface area contributed by atoms with Crippen LogP contribution < -0.4 is 10.1 Å². The predicted octanol–water partition coefficient (Wildman–Crippen LogP) is 2.25. The van der Waals surface area contributed by atoms with Crippen LogP contribution in [0.3, 0.4) is 0 Å². The van der Waals surface area contributed by atoms with Gasteiger partial charge in [0.25, 0.3) is 0 Å². The first-order chi connectivity index (χ1) is 8.60. The molecule has 0 atom stereocenters. The van der Waals surface area contributed by atoms with E-state index in [0.717, 1.165) is 37.6 Å². The molecule has 98 valence electrons. The van der Waals surface area contributed by atoms with E-state index in [4.69, 9.17) is 4.74 Å². The maximum absolute atomic E-state index is 13.1. The van der Waals surface area contributed by atoms with Gasteiger partial charge in [-0.2, -0.15) is 0 Å². The van der Waals surface area contributed by atoms with Gasteiger partial charge in [-0.3, -0.25) is 10.1 Å². The molecule has 0 bridgehead atoms. The van der Waals surface area contributed by atoms with Gasteiger partial charge in [0.05, 0.1) is 4.92 Å². The molecule has 1 aliphatic rings. The third-order valence-electron chi connectivity index (χ3n) is 3.00. The maximum Gasteiger partial charge on any atom is 0.311 e. The van der Waals surface area contributed by atoms with Crippen LogP contribution in [-0.4, -0.2) is 23.6 Å². The van der Waals surface area contributed by atoms with E-state index in [1.54, 1.807) is 0 Å². The molecule has 1 aromatic rings. The van der Waals surface area contributed by atoms with Crippen LogP contribution in [0.2, 0.25) is 0 Å². The number of nitrogens with one attached hydrogen (secondary N) is 1. The Bertz CT molecular complexity index is 447. The van der Waals surface area contributed by atoms with Crippen LogP contribution in [0.25, 0.3) is 0 Å². The van der Waals surface area contributed by atoms with E-state index in [-0.39, 0.29) is 17.5 Å². The molecule has 0 amide bonds. The quantitative estimate of drug-likeness (QED) is 0.646. The zero-order valence-electron chi connectivity index (χ0n) is 10.1. The van der Waals surface area contributed by atoms with Gasteiger partial charge in [0.15, 0.2) is 5.75 Å². The fourth-order valence-corrected chi connectivity index (χ4v) is 2.03. The van der Waals surface area contributed by atoms with Gasteiger partial charge in [-0.05, 0) is 25.5 Å². The minimum absolute atomic E-state index is 0.0138. The SMILES string of the molecule is CCNC1CC(Oc2cc(F)ccc2[N+](=O)[O-])C1. The molecule has 0 aliphatic heterocycles. The first-order valence-corrected chi connectivity index (χ1v) is 5.94. The average Bonchev–Trinajstić information content (AvgIpc) is 2.26. The predicted molar refractivity (Wildman–Crippen MR) is 64.2 cm³/mol. The van der Waals surface area contributed by atoms with E-state index >= 15 is 0 Å². The summed E-state index contributed by atoms with van der Waals surface area (Å²) in [6.07, 6.45) is 1.51. The van der Waals surface area contributed by atoms with Crippen LogP contribution in [0, 0.1) is 15.9 Å². The highest BCUT2D eigenvalue weighted by Gasteiger charge is 2.31. The lowest BCUT2D eigenvalue weighted by molar-refractivity contribution is -0.386. The first-order valence-electron chi connectivity index (χ1n) is 5.94. The molecule has 6 heteroatoms. The van der Waals surface area contributed by atoms with Crippen molar-refractivity contribution in [2.24, 2.45) is 0 Å². The van der Waals surface area contributed by atoms with Crippen molar-refractivity contribution in [3.63, 3.8) is 0 Å². The molecule has 1 saturated carbocycles. The Labute approximate surface area is 104 Å². The third kappa shape index (κ3) is 2.76. The fraction of sp³-hybridized carbons (Fsp3) is 0.500. The van der Waals surface area contributed by atoms with Gasteiger partial charge >= 0.3 is 5.69 Å². The van der Waals surface area contributed by atoms with Crippen molar-refractivity contribution >= 4 is 5.69 Å². The molecule has 1 N–H and O–H groups in total. The summed E-state index contributed by atoms with van der Waals surface area (Å²) in [6, 6.07) is 3.66. The lowest BCUT2D eigenvalue weighted by Gasteiger charge is -2.35. The van der Waals surface area contributed by atoms with Crippen molar-refractivity contribution in [1.29, 1.82) is 0 Å². The zero-order chi connectivity index (χ0) is 13.1. The topological polar surface area (TPSA) is 64.4 Å². The Hall–Kier alpha value is -1.69. The van der Waals surface area contributed by atoms with Crippen molar-refractivity contribution in [2.45, 2.75) is 31.9 Å². The molecule has 0 radical (unpaired) electrons. The summed E-state index contributed by atoms with van der Waals surface area (Å²) in [5, 5.41) is 14.0. The summed E-state index contributed by atoms with van der Waals surface area (Å²) in [4.78, 5) is 10.2. The van der Waals surface area contributed by atoms with Crippen LogP contribution in [0.4, 0.5) is 10.1 Å². The van der Waals surface area contributed by atoms with Gasteiger partial charge in [0, 0.05) is 18.2 Å². The molecule has 1 fully saturated rings. The van der Waals surface area contributed by atoms with Crippen molar-refractivity contribution in [2.75, 3.05) is 6.54 Å². The lowest BCUT2D eigenvalue weighted by atomic mass is 9.89. The summed E-state index contributed by atoms with van der Waals surface area (Å²) in [7, 11) is 0. The molecule has 18 heavy (non-hydrogen) atoms. The molecule has 1 aromatic carbocycles. The molecule has 0 heterocycles. The molecule has 2 rings (SSSR count). The minimum Gasteiger partial charge on any atom is -0.483 e. The molecule has 0 unspecified atom stereocenters. The summed E-state index contributed by atoms with van der Waals surface area (Å²) in [5.41, 5.74) is -0.191. The number of halogens is 1. The van der Waals surface area contributed by atoms with Crippen LogP contribution in [0.5, 0.6) is 5.75 Å². The monoisotopic (exact) mass is 254 g/mol. The van der Waals surface area contributed by atoms with E-state index in [1.807, 2.05) is 6.92 Å². The lowest BCUT2D eigenvalue weighted by Crippen LogP contribution is -2.46. The van der Waals surface area contributed by atoms with Gasteiger partial charge in [-0.1, -0.05) is 6.92 Å². The summed E-state index contributed by atoms with van der Waals surface area (Å²) < 4.78 is 18.5. The van der Waals surface area contributed by atoms with Gasteiger partial charge in [-0.25, -0.2) is 4.39 Å². The van der Waals surface area contributed by atoms with Crippen molar-refractivity contribution in [1.82, 2.24) is 5.32 Å². The molecular weight excluding hydrogens is 239 g/mol. The molecule has 0 saturated heterocycles. The normalized spacial score (nSPS) is 22.3. The molecular formula is C12H15FN2O3. The van der Waals surface area contributed by atoms with E-state index in [2.05, 4.69) is 5.32 Å². The van der Waals surface area contributed by atoms with Gasteiger partial charge in [-0.15, -0.1) is 0 Å². The number of nitrogens with zero attached hydrogens (tertiary/aromatic N) is 1. The average molecular weight is 254 g/mol. The number of benzene rings is 1. The van der Waals surface area contributed by atoms with Crippen LogP contribution >= 0.6 is 0 Å². The minimum atomic E-state index is -0.560. The van der Waals surface area contributed by atoms with Crippen LogP contribution in [-0.2, 0) is 0 Å². The Balaban J connectivity index is 2.01. The summed E-state index contributed by atoms with van der Waals surface area (Å²) in [5.74, 6) is -0.516. The third-order valence-corrected chi connectivity index (χ3v) is 3.00. The maximum atomic E-state index is 13.1. The van der Waals surface area contributed by atoms with Gasteiger partial charge in [0.1, 0.15) is 11.9 Å². The van der Waals surface area contributed by atoms with Crippen molar-refractivity contribution < 1.29 is 14.1 Å². The fourth-order valence-electron chi connectivity index (χ4n) is 2.03. The summed E-state index contributed by atoms with van der Waals surface area (Å²) >= 11 is 0. The largest absolute Gasteiger partial charge is 0.483 e. The number of nitro benzene ring substituents is 1. The highest BCUT2D eigenvalue weighted by atomic mass is 19.1. The second-order valence-electron chi connectivity index (χ2n) is 4.34. The molecule has 1 aliphatic carbocycles. The Morgan fingerprint density at radius 2 is 2.28 bits per heavy atom. The first kappa shape index (κ1) is 12.8. The van der Waals surface area contributed by atoms with E-state index in [0.29, 0.717) is 6.04 Å². The highest BCUT2D eigenvalue weighted by molar-refractivity contribution is 5.46. The van der Waals surface area contributed by atoms with E-state index < -0.39 is 10.7 Å².